The Balaban J connectivity index is 0.00000144. The van der Waals surface area contributed by atoms with E-state index in [2.05, 4.69) is 0 Å². The van der Waals surface area contributed by atoms with Crippen LogP contribution in [0.1, 0.15) is 18.4 Å². The molecule has 2 rings (SSSR count). The summed E-state index contributed by atoms with van der Waals surface area (Å²) < 4.78 is 13.0. The highest BCUT2D eigenvalue weighted by Gasteiger charge is 2.21. The molecule has 1 aliphatic heterocycles. The number of fused-ring (bicyclic) bond motifs is 1. The van der Waals surface area contributed by atoms with Crippen LogP contribution in [0.2, 0.25) is 0 Å². The quantitative estimate of drug-likeness (QED) is 0.880. The summed E-state index contributed by atoms with van der Waals surface area (Å²) in [7, 11) is 0. The molecule has 3 nitrogen and oxygen atoms in total. The SMILES string of the molecule is Cl.NCCC(=O)N1CCCc2cc(F)ccc21. The van der Waals surface area contributed by atoms with Crippen LogP contribution in [0.25, 0.3) is 0 Å². The van der Waals surface area contributed by atoms with E-state index in [9.17, 15) is 9.18 Å². The van der Waals surface area contributed by atoms with E-state index < -0.39 is 0 Å². The van der Waals surface area contributed by atoms with Gasteiger partial charge < -0.3 is 10.6 Å². The predicted octanol–water partition coefficient (Wildman–Crippen LogP) is 1.88. The second-order valence-corrected chi connectivity index (χ2v) is 3.96. The van der Waals surface area contributed by atoms with Crippen molar-refractivity contribution < 1.29 is 9.18 Å². The molecule has 0 atom stereocenters. The third-order valence-electron chi connectivity index (χ3n) is 2.82. The van der Waals surface area contributed by atoms with Gasteiger partial charge in [0.25, 0.3) is 0 Å². The lowest BCUT2D eigenvalue weighted by molar-refractivity contribution is -0.118. The van der Waals surface area contributed by atoms with Crippen molar-refractivity contribution in [2.24, 2.45) is 5.73 Å². The van der Waals surface area contributed by atoms with Gasteiger partial charge in [0, 0.05) is 25.2 Å². The lowest BCUT2D eigenvalue weighted by Crippen LogP contribution is -2.36. The number of benzene rings is 1. The molecule has 0 saturated carbocycles. The molecule has 94 valence electrons. The zero-order valence-corrected chi connectivity index (χ0v) is 10.3. The Kier molecular flexibility index (Phi) is 4.90. The van der Waals surface area contributed by atoms with Crippen LogP contribution in [0.3, 0.4) is 0 Å². The molecule has 1 amide bonds. The fourth-order valence-electron chi connectivity index (χ4n) is 2.08. The molecule has 0 saturated heterocycles. The van der Waals surface area contributed by atoms with Crippen molar-refractivity contribution >= 4 is 24.0 Å². The second kappa shape index (κ2) is 5.98. The topological polar surface area (TPSA) is 46.3 Å². The van der Waals surface area contributed by atoms with Crippen LogP contribution in [0.5, 0.6) is 0 Å². The Morgan fingerprint density at radius 2 is 2.24 bits per heavy atom. The van der Waals surface area contributed by atoms with Crippen molar-refractivity contribution in [2.45, 2.75) is 19.3 Å². The summed E-state index contributed by atoms with van der Waals surface area (Å²) in [6.07, 6.45) is 2.06. The van der Waals surface area contributed by atoms with Crippen LogP contribution in [-0.2, 0) is 11.2 Å². The Morgan fingerprint density at radius 3 is 2.94 bits per heavy atom. The maximum absolute atomic E-state index is 13.0. The third kappa shape index (κ3) is 2.96. The van der Waals surface area contributed by atoms with Crippen molar-refractivity contribution in [3.63, 3.8) is 0 Å². The van der Waals surface area contributed by atoms with Crippen LogP contribution in [0, 0.1) is 5.82 Å². The number of carbonyl (C=O) groups is 1. The van der Waals surface area contributed by atoms with Crippen molar-refractivity contribution in [1.29, 1.82) is 0 Å². The summed E-state index contributed by atoms with van der Waals surface area (Å²) in [6, 6.07) is 4.59. The summed E-state index contributed by atoms with van der Waals surface area (Å²) in [6.45, 7) is 1.06. The zero-order valence-electron chi connectivity index (χ0n) is 9.49. The monoisotopic (exact) mass is 258 g/mol. The molecule has 0 aliphatic carbocycles. The van der Waals surface area contributed by atoms with E-state index in [0.29, 0.717) is 19.5 Å². The van der Waals surface area contributed by atoms with Crippen LogP contribution in [0.15, 0.2) is 18.2 Å². The van der Waals surface area contributed by atoms with Crippen LogP contribution >= 0.6 is 12.4 Å². The van der Waals surface area contributed by atoms with Gasteiger partial charge in [-0.25, -0.2) is 4.39 Å². The first-order valence-electron chi connectivity index (χ1n) is 5.51. The minimum Gasteiger partial charge on any atom is -0.330 e. The second-order valence-electron chi connectivity index (χ2n) is 3.96. The molecule has 1 heterocycles. The highest BCUT2D eigenvalue weighted by atomic mass is 35.5. The third-order valence-corrected chi connectivity index (χ3v) is 2.82. The molecule has 2 N–H and O–H groups in total. The summed E-state index contributed by atoms with van der Waals surface area (Å²) in [5.41, 5.74) is 7.13. The van der Waals surface area contributed by atoms with Crippen molar-refractivity contribution in [3.05, 3.63) is 29.6 Å². The average molecular weight is 259 g/mol. The van der Waals surface area contributed by atoms with Gasteiger partial charge in [0.1, 0.15) is 5.82 Å². The van der Waals surface area contributed by atoms with E-state index in [-0.39, 0.29) is 24.1 Å². The van der Waals surface area contributed by atoms with Crippen molar-refractivity contribution in [3.8, 4) is 0 Å². The largest absolute Gasteiger partial charge is 0.330 e. The molecule has 0 spiro atoms. The number of aryl methyl sites for hydroxylation is 1. The van der Waals surface area contributed by atoms with Gasteiger partial charge in [0.05, 0.1) is 0 Å². The summed E-state index contributed by atoms with van der Waals surface area (Å²) in [5, 5.41) is 0. The fraction of sp³-hybridized carbons (Fsp3) is 0.417. The summed E-state index contributed by atoms with van der Waals surface area (Å²) in [5.74, 6) is -0.220. The fourth-order valence-corrected chi connectivity index (χ4v) is 2.08. The lowest BCUT2D eigenvalue weighted by Gasteiger charge is -2.29. The normalized spacial score (nSPS) is 13.9. The number of carbonyl (C=O) groups excluding carboxylic acids is 1. The highest BCUT2D eigenvalue weighted by Crippen LogP contribution is 2.28. The first-order valence-corrected chi connectivity index (χ1v) is 5.51. The van der Waals surface area contributed by atoms with Crippen LogP contribution < -0.4 is 10.6 Å². The molecule has 1 aromatic carbocycles. The first kappa shape index (κ1) is 13.9. The van der Waals surface area contributed by atoms with Gasteiger partial charge in [0.15, 0.2) is 0 Å². The molecular formula is C12H16ClFN2O. The molecule has 0 fully saturated rings. The standard InChI is InChI=1S/C12H15FN2O.ClH/c13-10-3-4-11-9(8-10)2-1-7-15(11)12(16)5-6-14;/h3-4,8H,1-2,5-7,14H2;1H. The summed E-state index contributed by atoms with van der Waals surface area (Å²) >= 11 is 0. The van der Waals surface area contributed by atoms with Gasteiger partial charge in [0.2, 0.25) is 5.91 Å². The molecule has 0 bridgehead atoms. The van der Waals surface area contributed by atoms with Crippen molar-refractivity contribution in [1.82, 2.24) is 0 Å². The maximum Gasteiger partial charge on any atom is 0.228 e. The smallest absolute Gasteiger partial charge is 0.228 e. The van der Waals surface area contributed by atoms with Crippen LogP contribution in [-0.4, -0.2) is 19.0 Å². The number of rotatable bonds is 2. The molecule has 0 aromatic heterocycles. The number of amides is 1. The van der Waals surface area contributed by atoms with Gasteiger partial charge in [-0.3, -0.25) is 4.79 Å². The summed E-state index contributed by atoms with van der Waals surface area (Å²) in [4.78, 5) is 13.5. The minimum absolute atomic E-state index is 0. The average Bonchev–Trinajstić information content (AvgIpc) is 2.28. The Hall–Kier alpha value is -1.13. The molecule has 5 heteroatoms. The number of halogens is 2. The van der Waals surface area contributed by atoms with Gasteiger partial charge in [-0.2, -0.15) is 0 Å². The molecule has 0 radical (unpaired) electrons. The van der Waals surface area contributed by atoms with Gasteiger partial charge in [-0.1, -0.05) is 0 Å². The molecule has 17 heavy (non-hydrogen) atoms. The van der Waals surface area contributed by atoms with Gasteiger partial charge in [-0.05, 0) is 36.6 Å². The molecule has 0 unspecified atom stereocenters. The van der Waals surface area contributed by atoms with E-state index in [1.807, 2.05) is 0 Å². The molecule has 1 aliphatic rings. The van der Waals surface area contributed by atoms with E-state index in [4.69, 9.17) is 5.73 Å². The maximum atomic E-state index is 13.0. The zero-order chi connectivity index (χ0) is 11.5. The Labute approximate surface area is 106 Å². The Morgan fingerprint density at radius 1 is 1.47 bits per heavy atom. The number of anilines is 1. The van der Waals surface area contributed by atoms with E-state index in [1.54, 1.807) is 11.0 Å². The molecule has 1 aromatic rings. The number of hydrogen-bond donors (Lipinski definition) is 1. The van der Waals surface area contributed by atoms with Gasteiger partial charge >= 0.3 is 0 Å². The highest BCUT2D eigenvalue weighted by molar-refractivity contribution is 5.94. The minimum atomic E-state index is -0.244. The van der Waals surface area contributed by atoms with Crippen molar-refractivity contribution in [2.75, 3.05) is 18.0 Å². The van der Waals surface area contributed by atoms with E-state index in [1.165, 1.54) is 12.1 Å². The van der Waals surface area contributed by atoms with Crippen LogP contribution in [0.4, 0.5) is 10.1 Å². The number of hydrogen-bond acceptors (Lipinski definition) is 2. The lowest BCUT2D eigenvalue weighted by atomic mass is 10.0. The predicted molar refractivity (Wildman–Crippen MR) is 68.0 cm³/mol. The van der Waals surface area contributed by atoms with E-state index >= 15 is 0 Å². The molecular weight excluding hydrogens is 243 g/mol. The number of nitrogens with zero attached hydrogens (tertiary/aromatic N) is 1. The first-order chi connectivity index (χ1) is 7.72. The Bertz CT molecular complexity index is 411. The van der Waals surface area contributed by atoms with Gasteiger partial charge in [-0.15, -0.1) is 12.4 Å². The van der Waals surface area contributed by atoms with E-state index in [0.717, 1.165) is 24.1 Å². The number of nitrogens with two attached hydrogens (primary N) is 1.